The van der Waals surface area contributed by atoms with Gasteiger partial charge in [0.15, 0.2) is 5.13 Å². The molecule has 6 heteroatoms. The van der Waals surface area contributed by atoms with E-state index < -0.39 is 0 Å². The maximum absolute atomic E-state index is 12.1. The third kappa shape index (κ3) is 2.64. The number of aryl methyl sites for hydroxylation is 1. The van der Waals surface area contributed by atoms with Crippen molar-refractivity contribution in [3.05, 3.63) is 40.2 Å². The SMILES string of the molecule is Cc1cncc(C(=O)Nc2nc3c(s2)CNCC3)c1. The van der Waals surface area contributed by atoms with Crippen LogP contribution in [-0.4, -0.2) is 22.4 Å². The van der Waals surface area contributed by atoms with Gasteiger partial charge in [-0.1, -0.05) is 0 Å². The molecule has 0 unspecified atom stereocenters. The monoisotopic (exact) mass is 274 g/mol. The molecule has 1 aliphatic heterocycles. The molecule has 0 bridgehead atoms. The lowest BCUT2D eigenvalue weighted by Crippen LogP contribution is -2.22. The number of nitrogens with one attached hydrogen (secondary N) is 2. The number of nitrogens with zero attached hydrogens (tertiary/aromatic N) is 2. The van der Waals surface area contributed by atoms with E-state index in [1.54, 1.807) is 12.4 Å². The van der Waals surface area contributed by atoms with Crippen LogP contribution in [-0.2, 0) is 13.0 Å². The first-order valence-corrected chi connectivity index (χ1v) is 6.96. The summed E-state index contributed by atoms with van der Waals surface area (Å²) in [5.74, 6) is -0.157. The zero-order valence-corrected chi connectivity index (χ0v) is 11.4. The van der Waals surface area contributed by atoms with Crippen LogP contribution in [0.3, 0.4) is 0 Å². The van der Waals surface area contributed by atoms with Crippen LogP contribution in [0.1, 0.15) is 26.5 Å². The molecule has 1 aliphatic rings. The number of hydrogen-bond donors (Lipinski definition) is 2. The quantitative estimate of drug-likeness (QED) is 0.875. The van der Waals surface area contributed by atoms with Crippen molar-refractivity contribution in [2.75, 3.05) is 11.9 Å². The Morgan fingerprint density at radius 3 is 3.16 bits per heavy atom. The maximum atomic E-state index is 12.1. The average Bonchev–Trinajstić information content (AvgIpc) is 2.80. The van der Waals surface area contributed by atoms with Gasteiger partial charge in [0, 0.05) is 36.8 Å². The molecule has 0 atom stereocenters. The fraction of sp³-hybridized carbons (Fsp3) is 0.308. The molecule has 0 aliphatic carbocycles. The second kappa shape index (κ2) is 5.07. The summed E-state index contributed by atoms with van der Waals surface area (Å²) in [5.41, 5.74) is 2.63. The fourth-order valence-electron chi connectivity index (χ4n) is 2.03. The molecule has 0 radical (unpaired) electrons. The van der Waals surface area contributed by atoms with Crippen molar-refractivity contribution >= 4 is 22.4 Å². The van der Waals surface area contributed by atoms with Gasteiger partial charge in [-0.2, -0.15) is 0 Å². The molecule has 2 N–H and O–H groups in total. The van der Waals surface area contributed by atoms with Crippen LogP contribution in [0.5, 0.6) is 0 Å². The van der Waals surface area contributed by atoms with E-state index >= 15 is 0 Å². The highest BCUT2D eigenvalue weighted by molar-refractivity contribution is 7.15. The van der Waals surface area contributed by atoms with Crippen LogP contribution in [0.25, 0.3) is 0 Å². The number of fused-ring (bicyclic) bond motifs is 1. The van der Waals surface area contributed by atoms with Gasteiger partial charge in [0.1, 0.15) is 0 Å². The number of carbonyl (C=O) groups excluding carboxylic acids is 1. The molecule has 5 nitrogen and oxygen atoms in total. The molecule has 19 heavy (non-hydrogen) atoms. The van der Waals surface area contributed by atoms with Crippen LogP contribution < -0.4 is 10.6 Å². The number of thiazole rings is 1. The second-order valence-corrected chi connectivity index (χ2v) is 5.60. The number of amides is 1. The van der Waals surface area contributed by atoms with Crippen molar-refractivity contribution in [3.8, 4) is 0 Å². The van der Waals surface area contributed by atoms with Crippen molar-refractivity contribution in [2.45, 2.75) is 19.9 Å². The van der Waals surface area contributed by atoms with Gasteiger partial charge in [0.2, 0.25) is 0 Å². The summed E-state index contributed by atoms with van der Waals surface area (Å²) in [5, 5.41) is 6.80. The molecule has 0 saturated heterocycles. The van der Waals surface area contributed by atoms with Gasteiger partial charge in [0.25, 0.3) is 5.91 Å². The molecule has 3 rings (SSSR count). The minimum Gasteiger partial charge on any atom is -0.311 e. The third-order valence-electron chi connectivity index (χ3n) is 2.96. The molecule has 1 amide bonds. The van der Waals surface area contributed by atoms with Gasteiger partial charge in [-0.25, -0.2) is 4.98 Å². The number of rotatable bonds is 2. The highest BCUT2D eigenvalue weighted by Crippen LogP contribution is 2.25. The van der Waals surface area contributed by atoms with E-state index in [4.69, 9.17) is 0 Å². The summed E-state index contributed by atoms with van der Waals surface area (Å²) in [6, 6.07) is 1.82. The Balaban J connectivity index is 1.77. The van der Waals surface area contributed by atoms with E-state index in [0.29, 0.717) is 10.7 Å². The Morgan fingerprint density at radius 1 is 1.47 bits per heavy atom. The Hall–Kier alpha value is -1.79. The van der Waals surface area contributed by atoms with Gasteiger partial charge in [-0.15, -0.1) is 11.3 Å². The van der Waals surface area contributed by atoms with E-state index in [9.17, 15) is 4.79 Å². The lowest BCUT2D eigenvalue weighted by molar-refractivity contribution is 0.102. The van der Waals surface area contributed by atoms with Gasteiger partial charge in [-0.3, -0.25) is 15.1 Å². The maximum Gasteiger partial charge on any atom is 0.259 e. The van der Waals surface area contributed by atoms with E-state index in [2.05, 4.69) is 20.6 Å². The Morgan fingerprint density at radius 2 is 2.37 bits per heavy atom. The number of anilines is 1. The minimum atomic E-state index is -0.157. The average molecular weight is 274 g/mol. The molecule has 98 valence electrons. The van der Waals surface area contributed by atoms with Crippen molar-refractivity contribution in [2.24, 2.45) is 0 Å². The first-order valence-electron chi connectivity index (χ1n) is 6.14. The number of aromatic nitrogens is 2. The standard InChI is InChI=1S/C13H14N4OS/c1-8-4-9(6-15-5-8)12(18)17-13-16-10-2-3-14-7-11(10)19-13/h4-6,14H,2-3,7H2,1H3,(H,16,17,18). The second-order valence-electron chi connectivity index (χ2n) is 4.52. The lowest BCUT2D eigenvalue weighted by atomic mass is 10.2. The van der Waals surface area contributed by atoms with Crippen LogP contribution in [0.2, 0.25) is 0 Å². The Labute approximate surface area is 115 Å². The molecule has 3 heterocycles. The first-order chi connectivity index (χ1) is 9.22. The number of hydrogen-bond acceptors (Lipinski definition) is 5. The van der Waals surface area contributed by atoms with Crippen LogP contribution >= 0.6 is 11.3 Å². The molecule has 0 saturated carbocycles. The molecular weight excluding hydrogens is 260 g/mol. The molecule has 0 spiro atoms. The minimum absolute atomic E-state index is 0.157. The van der Waals surface area contributed by atoms with Gasteiger partial charge in [-0.05, 0) is 18.6 Å². The zero-order valence-electron chi connectivity index (χ0n) is 10.6. The van der Waals surface area contributed by atoms with Gasteiger partial charge < -0.3 is 5.32 Å². The van der Waals surface area contributed by atoms with Crippen LogP contribution in [0, 0.1) is 6.92 Å². The largest absolute Gasteiger partial charge is 0.311 e. The van der Waals surface area contributed by atoms with Crippen LogP contribution in [0.4, 0.5) is 5.13 Å². The van der Waals surface area contributed by atoms with Crippen molar-refractivity contribution in [1.82, 2.24) is 15.3 Å². The van der Waals surface area contributed by atoms with Gasteiger partial charge >= 0.3 is 0 Å². The smallest absolute Gasteiger partial charge is 0.259 e. The number of pyridine rings is 1. The van der Waals surface area contributed by atoms with Crippen molar-refractivity contribution in [1.29, 1.82) is 0 Å². The lowest BCUT2D eigenvalue weighted by Gasteiger charge is -2.09. The molecule has 2 aromatic heterocycles. The molecule has 2 aromatic rings. The molecule has 0 aromatic carbocycles. The van der Waals surface area contributed by atoms with Crippen molar-refractivity contribution in [3.63, 3.8) is 0 Å². The van der Waals surface area contributed by atoms with Gasteiger partial charge in [0.05, 0.1) is 11.3 Å². The van der Waals surface area contributed by atoms with E-state index in [1.165, 1.54) is 16.2 Å². The predicted molar refractivity (Wildman–Crippen MR) is 74.5 cm³/mol. The summed E-state index contributed by atoms with van der Waals surface area (Å²) < 4.78 is 0. The normalized spacial score (nSPS) is 13.9. The first kappa shape index (κ1) is 12.3. The molecule has 0 fully saturated rings. The molecular formula is C13H14N4OS. The van der Waals surface area contributed by atoms with Crippen LogP contribution in [0.15, 0.2) is 18.5 Å². The van der Waals surface area contributed by atoms with E-state index in [1.807, 2.05) is 13.0 Å². The Bertz CT molecular complexity index is 599. The summed E-state index contributed by atoms with van der Waals surface area (Å²) in [4.78, 5) is 21.8. The third-order valence-corrected chi connectivity index (χ3v) is 3.97. The topological polar surface area (TPSA) is 66.9 Å². The summed E-state index contributed by atoms with van der Waals surface area (Å²) in [6.45, 7) is 3.71. The summed E-state index contributed by atoms with van der Waals surface area (Å²) >= 11 is 1.54. The highest BCUT2D eigenvalue weighted by Gasteiger charge is 2.16. The zero-order chi connectivity index (χ0) is 13.2. The van der Waals surface area contributed by atoms with E-state index in [0.717, 1.165) is 30.8 Å². The number of carbonyl (C=O) groups is 1. The highest BCUT2D eigenvalue weighted by atomic mass is 32.1. The summed E-state index contributed by atoms with van der Waals surface area (Å²) in [7, 11) is 0. The fourth-order valence-corrected chi connectivity index (χ4v) is 3.00. The summed E-state index contributed by atoms with van der Waals surface area (Å²) in [6.07, 6.45) is 4.22. The van der Waals surface area contributed by atoms with Crippen molar-refractivity contribution < 1.29 is 4.79 Å². The Kier molecular flexibility index (Phi) is 3.27. The predicted octanol–water partition coefficient (Wildman–Crippen LogP) is 1.74. The van der Waals surface area contributed by atoms with E-state index in [-0.39, 0.29) is 5.91 Å².